The number of hydrogen-bond donors (Lipinski definition) is 2. The van der Waals surface area contributed by atoms with Crippen LogP contribution >= 0.6 is 23.2 Å². The lowest BCUT2D eigenvalue weighted by Gasteiger charge is -2.12. The van der Waals surface area contributed by atoms with Crippen molar-refractivity contribution in [3.8, 4) is 0 Å². The third kappa shape index (κ3) is 3.72. The van der Waals surface area contributed by atoms with Crippen LogP contribution in [0.4, 0.5) is 5.69 Å². The molecule has 0 atom stereocenters. The van der Waals surface area contributed by atoms with Crippen molar-refractivity contribution in [2.45, 2.75) is 20.3 Å². The van der Waals surface area contributed by atoms with Crippen LogP contribution in [-0.2, 0) is 16.0 Å². The van der Waals surface area contributed by atoms with E-state index >= 15 is 0 Å². The maximum atomic E-state index is 11.9. The highest BCUT2D eigenvalue weighted by molar-refractivity contribution is 6.54. The zero-order valence-corrected chi connectivity index (χ0v) is 12.1. The normalized spacial score (nSPS) is 11.8. The number of primary amides is 1. The zero-order valence-electron chi connectivity index (χ0n) is 10.6. The fraction of sp³-hybridized carbons (Fsp3) is 0.231. The molecule has 4 nitrogen and oxygen atoms in total. The van der Waals surface area contributed by atoms with Crippen molar-refractivity contribution >= 4 is 40.7 Å². The second kappa shape index (κ2) is 6.59. The van der Waals surface area contributed by atoms with Crippen LogP contribution in [0.2, 0.25) is 0 Å². The molecular formula is C13H14Cl2N2O2. The maximum absolute atomic E-state index is 11.9. The Morgan fingerprint density at radius 3 is 2.42 bits per heavy atom. The minimum absolute atomic E-state index is 0.417. The summed E-state index contributed by atoms with van der Waals surface area (Å²) < 4.78 is 0. The van der Waals surface area contributed by atoms with Crippen LogP contribution in [0.3, 0.4) is 0 Å². The number of carbonyl (C=O) groups excluding carboxylic acids is 2. The lowest BCUT2D eigenvalue weighted by molar-refractivity contribution is -0.115. The summed E-state index contributed by atoms with van der Waals surface area (Å²) in [6, 6.07) is 5.66. The first kappa shape index (κ1) is 15.5. The number of rotatable bonds is 4. The molecule has 19 heavy (non-hydrogen) atoms. The van der Waals surface area contributed by atoms with E-state index in [1.54, 1.807) is 0 Å². The Bertz CT molecular complexity index is 554. The average molecular weight is 301 g/mol. The standard InChI is InChI=1S/C13H14Cl2N2O2/c1-3-8-6-4-5-7(2)11(8)17-13(19)10(15)9(14)12(16)18/h4-6H,3H2,1-2H3,(H2,16,18)(H,17,19)/b10-9-. The number of benzene rings is 1. The molecule has 0 bridgehead atoms. The number of amides is 2. The van der Waals surface area contributed by atoms with Crippen molar-refractivity contribution in [1.29, 1.82) is 0 Å². The molecule has 0 spiro atoms. The van der Waals surface area contributed by atoms with E-state index in [-0.39, 0.29) is 0 Å². The Morgan fingerprint density at radius 1 is 1.26 bits per heavy atom. The van der Waals surface area contributed by atoms with Crippen molar-refractivity contribution in [1.82, 2.24) is 0 Å². The molecule has 0 unspecified atom stereocenters. The van der Waals surface area contributed by atoms with Gasteiger partial charge in [0.1, 0.15) is 10.1 Å². The van der Waals surface area contributed by atoms with Gasteiger partial charge in [0.2, 0.25) is 0 Å². The van der Waals surface area contributed by atoms with Gasteiger partial charge in [-0.1, -0.05) is 48.3 Å². The lowest BCUT2D eigenvalue weighted by atomic mass is 10.1. The predicted molar refractivity (Wildman–Crippen MR) is 77.1 cm³/mol. The Balaban J connectivity index is 3.08. The summed E-state index contributed by atoms with van der Waals surface area (Å²) in [6.45, 7) is 3.83. The highest BCUT2D eigenvalue weighted by Gasteiger charge is 2.17. The molecule has 0 saturated carbocycles. The summed E-state index contributed by atoms with van der Waals surface area (Å²) in [4.78, 5) is 22.7. The molecule has 3 N–H and O–H groups in total. The van der Waals surface area contributed by atoms with Crippen molar-refractivity contribution in [2.75, 3.05) is 5.32 Å². The van der Waals surface area contributed by atoms with Gasteiger partial charge >= 0.3 is 0 Å². The summed E-state index contributed by atoms with van der Waals surface area (Å²) in [5, 5.41) is 1.75. The van der Waals surface area contributed by atoms with Crippen LogP contribution in [0.25, 0.3) is 0 Å². The van der Waals surface area contributed by atoms with E-state index in [1.165, 1.54) is 0 Å². The monoisotopic (exact) mass is 300 g/mol. The van der Waals surface area contributed by atoms with Gasteiger partial charge in [0.15, 0.2) is 0 Å². The van der Waals surface area contributed by atoms with E-state index in [9.17, 15) is 9.59 Å². The smallest absolute Gasteiger partial charge is 0.268 e. The van der Waals surface area contributed by atoms with E-state index in [1.807, 2.05) is 32.0 Å². The highest BCUT2D eigenvalue weighted by Crippen LogP contribution is 2.23. The molecule has 0 fully saturated rings. The Labute approximate surface area is 121 Å². The van der Waals surface area contributed by atoms with Gasteiger partial charge < -0.3 is 11.1 Å². The topological polar surface area (TPSA) is 72.2 Å². The summed E-state index contributed by atoms with van der Waals surface area (Å²) in [7, 11) is 0. The van der Waals surface area contributed by atoms with Crippen LogP contribution in [-0.4, -0.2) is 11.8 Å². The summed E-state index contributed by atoms with van der Waals surface area (Å²) in [6.07, 6.45) is 0.752. The van der Waals surface area contributed by atoms with Crippen molar-refractivity contribution in [2.24, 2.45) is 5.73 Å². The number of anilines is 1. The number of para-hydroxylation sites is 1. The molecule has 0 aromatic heterocycles. The quantitative estimate of drug-likeness (QED) is 0.839. The lowest BCUT2D eigenvalue weighted by Crippen LogP contribution is -2.19. The number of nitrogens with one attached hydrogen (secondary N) is 1. The third-order valence-corrected chi connectivity index (χ3v) is 3.42. The first-order valence-corrected chi connectivity index (χ1v) is 6.39. The van der Waals surface area contributed by atoms with Gasteiger partial charge in [-0.2, -0.15) is 0 Å². The van der Waals surface area contributed by atoms with Crippen molar-refractivity contribution in [3.63, 3.8) is 0 Å². The summed E-state index contributed by atoms with van der Waals surface area (Å²) in [5.41, 5.74) is 7.49. The van der Waals surface area contributed by atoms with Gasteiger partial charge in [0.25, 0.3) is 11.8 Å². The molecule has 2 amide bonds. The molecule has 6 heteroatoms. The first-order valence-electron chi connectivity index (χ1n) is 5.63. The van der Waals surface area contributed by atoms with Gasteiger partial charge in [-0.25, -0.2) is 0 Å². The van der Waals surface area contributed by atoms with E-state index in [2.05, 4.69) is 5.32 Å². The second-order valence-corrected chi connectivity index (χ2v) is 4.66. The number of halogens is 2. The van der Waals surface area contributed by atoms with Gasteiger partial charge in [-0.05, 0) is 24.5 Å². The second-order valence-electron chi connectivity index (χ2n) is 3.91. The van der Waals surface area contributed by atoms with Crippen LogP contribution in [0, 0.1) is 6.92 Å². The van der Waals surface area contributed by atoms with Crippen LogP contribution in [0.15, 0.2) is 28.3 Å². The molecule has 0 heterocycles. The largest absolute Gasteiger partial charge is 0.365 e. The zero-order chi connectivity index (χ0) is 14.6. The molecule has 0 radical (unpaired) electrons. The summed E-state index contributed by atoms with van der Waals surface area (Å²) >= 11 is 11.3. The Morgan fingerprint density at radius 2 is 1.89 bits per heavy atom. The number of aryl methyl sites for hydroxylation is 2. The minimum atomic E-state index is -0.942. The minimum Gasteiger partial charge on any atom is -0.365 e. The highest BCUT2D eigenvalue weighted by atomic mass is 35.5. The van der Waals surface area contributed by atoms with Crippen LogP contribution < -0.4 is 11.1 Å². The molecule has 0 aliphatic heterocycles. The van der Waals surface area contributed by atoms with Gasteiger partial charge in [-0.3, -0.25) is 9.59 Å². The number of nitrogens with two attached hydrogens (primary N) is 1. The SMILES string of the molecule is CCc1cccc(C)c1NC(=O)/C(Cl)=C(/Cl)C(N)=O. The van der Waals surface area contributed by atoms with E-state index in [0.717, 1.165) is 17.5 Å². The molecule has 102 valence electrons. The molecule has 0 aliphatic carbocycles. The molecule has 0 aliphatic rings. The third-order valence-electron chi connectivity index (χ3n) is 2.59. The van der Waals surface area contributed by atoms with E-state index in [0.29, 0.717) is 5.69 Å². The molecule has 1 rings (SSSR count). The van der Waals surface area contributed by atoms with E-state index < -0.39 is 21.9 Å². The Hall–Kier alpha value is -1.52. The van der Waals surface area contributed by atoms with E-state index in [4.69, 9.17) is 28.9 Å². The van der Waals surface area contributed by atoms with Crippen molar-refractivity contribution in [3.05, 3.63) is 39.4 Å². The average Bonchev–Trinajstić information content (AvgIpc) is 2.38. The van der Waals surface area contributed by atoms with Crippen LogP contribution in [0.5, 0.6) is 0 Å². The fourth-order valence-electron chi connectivity index (χ4n) is 1.58. The number of hydrogen-bond acceptors (Lipinski definition) is 2. The maximum Gasteiger partial charge on any atom is 0.268 e. The first-order chi connectivity index (χ1) is 8.88. The fourth-order valence-corrected chi connectivity index (χ4v) is 1.80. The molecular weight excluding hydrogens is 287 g/mol. The molecule has 1 aromatic carbocycles. The molecule has 1 aromatic rings. The predicted octanol–water partition coefficient (Wildman–Crippen LogP) is 2.67. The Kier molecular flexibility index (Phi) is 5.39. The van der Waals surface area contributed by atoms with Crippen LogP contribution in [0.1, 0.15) is 18.1 Å². The van der Waals surface area contributed by atoms with Gasteiger partial charge in [0, 0.05) is 5.69 Å². The van der Waals surface area contributed by atoms with Gasteiger partial charge in [0.05, 0.1) is 0 Å². The van der Waals surface area contributed by atoms with Gasteiger partial charge in [-0.15, -0.1) is 0 Å². The van der Waals surface area contributed by atoms with Crippen molar-refractivity contribution < 1.29 is 9.59 Å². The molecule has 0 saturated heterocycles. The summed E-state index contributed by atoms with van der Waals surface area (Å²) in [5.74, 6) is -1.60. The number of carbonyl (C=O) groups is 2.